The van der Waals surface area contributed by atoms with Crippen molar-refractivity contribution >= 4 is 82.1 Å². The zero-order valence-corrected chi connectivity index (χ0v) is 25.2. The van der Waals surface area contributed by atoms with Gasteiger partial charge in [0.1, 0.15) is 11.3 Å². The Hall–Kier alpha value is -6.46. The van der Waals surface area contributed by atoms with Gasteiger partial charge in [-0.15, -0.1) is 0 Å². The average molecular weight is 600 g/mol. The lowest BCUT2D eigenvalue weighted by atomic mass is 10.0. The van der Waals surface area contributed by atoms with Crippen molar-refractivity contribution < 1.29 is 0 Å². The Morgan fingerprint density at radius 2 is 1.04 bits per heavy atom. The second kappa shape index (κ2) is 9.05. The fraction of sp³-hybridized carbons (Fsp3) is 0. The van der Waals surface area contributed by atoms with E-state index < -0.39 is 0 Å². The molecule has 5 heterocycles. The van der Waals surface area contributed by atoms with E-state index in [0.29, 0.717) is 0 Å². The van der Waals surface area contributed by atoms with Gasteiger partial charge in [0.25, 0.3) is 0 Å². The number of rotatable bonds is 2. The van der Waals surface area contributed by atoms with Gasteiger partial charge >= 0.3 is 0 Å². The van der Waals surface area contributed by atoms with Crippen LogP contribution in [0.5, 0.6) is 0 Å². The smallest absolute Gasteiger partial charge is 0.149 e. The van der Waals surface area contributed by atoms with E-state index in [1.807, 2.05) is 12.3 Å². The molecule has 11 rings (SSSR count). The largest absolute Gasteiger partial charge is 0.309 e. The van der Waals surface area contributed by atoms with Crippen molar-refractivity contribution in [2.45, 2.75) is 0 Å². The summed E-state index contributed by atoms with van der Waals surface area (Å²) in [5.41, 5.74) is 10.8. The van der Waals surface area contributed by atoms with Crippen molar-refractivity contribution in [2.24, 2.45) is 0 Å². The van der Waals surface area contributed by atoms with Gasteiger partial charge in [-0.3, -0.25) is 4.40 Å². The molecular weight excluding hydrogens is 574 g/mol. The summed E-state index contributed by atoms with van der Waals surface area (Å²) >= 11 is 0. The molecule has 0 saturated heterocycles. The molecule has 5 aromatic heterocycles. The third-order valence-electron chi connectivity index (χ3n) is 9.82. The predicted molar refractivity (Wildman–Crippen MR) is 194 cm³/mol. The van der Waals surface area contributed by atoms with Crippen LogP contribution in [0, 0.1) is 0 Å². The molecule has 11 aromatic rings. The minimum absolute atomic E-state index is 0.916. The fourth-order valence-electron chi connectivity index (χ4n) is 7.91. The van der Waals surface area contributed by atoms with E-state index in [9.17, 15) is 0 Å². The van der Waals surface area contributed by atoms with Gasteiger partial charge in [-0.1, -0.05) is 78.9 Å². The molecule has 0 atom stereocenters. The monoisotopic (exact) mass is 599 g/mol. The van der Waals surface area contributed by atoms with E-state index in [1.54, 1.807) is 0 Å². The number of hydrogen-bond donors (Lipinski definition) is 0. The topological polar surface area (TPSA) is 40.1 Å². The van der Waals surface area contributed by atoms with Crippen molar-refractivity contribution in [3.8, 4) is 11.4 Å². The molecule has 47 heavy (non-hydrogen) atoms. The van der Waals surface area contributed by atoms with Crippen molar-refractivity contribution in [3.63, 3.8) is 0 Å². The van der Waals surface area contributed by atoms with E-state index in [4.69, 9.17) is 9.97 Å². The number of benzene rings is 6. The first-order chi connectivity index (χ1) is 23.3. The quantitative estimate of drug-likeness (QED) is 0.186. The van der Waals surface area contributed by atoms with Crippen LogP contribution in [0.2, 0.25) is 0 Å². The lowest BCUT2D eigenvalue weighted by Crippen LogP contribution is -1.98. The number of pyridine rings is 2. The highest BCUT2D eigenvalue weighted by molar-refractivity contribution is 6.28. The Kier molecular flexibility index (Phi) is 4.78. The Morgan fingerprint density at radius 3 is 1.87 bits per heavy atom. The van der Waals surface area contributed by atoms with Gasteiger partial charge in [0, 0.05) is 44.5 Å². The molecule has 0 radical (unpaired) electrons. The molecular formula is C42H25N5. The van der Waals surface area contributed by atoms with Crippen LogP contribution in [0.25, 0.3) is 93.5 Å². The molecule has 0 amide bonds. The van der Waals surface area contributed by atoms with E-state index in [1.165, 1.54) is 32.6 Å². The Balaban J connectivity index is 1.42. The number of aromatic nitrogens is 5. The molecule has 5 heteroatoms. The maximum atomic E-state index is 5.29. The molecule has 0 aliphatic heterocycles. The van der Waals surface area contributed by atoms with Crippen LogP contribution < -0.4 is 0 Å². The Bertz CT molecular complexity index is 3060. The lowest BCUT2D eigenvalue weighted by Gasteiger charge is -2.13. The molecule has 5 nitrogen and oxygen atoms in total. The first kappa shape index (κ1) is 24.8. The first-order valence-electron chi connectivity index (χ1n) is 15.9. The highest BCUT2D eigenvalue weighted by Crippen LogP contribution is 2.44. The van der Waals surface area contributed by atoms with E-state index in [0.717, 1.165) is 60.9 Å². The number of nitrogens with zero attached hydrogens (tertiary/aromatic N) is 5. The number of hydrogen-bond acceptors (Lipinski definition) is 2. The molecule has 0 N–H and O–H groups in total. The standard InChI is InChI=1S/C42H25N5/c1-3-12-26(13-4-1)45-35-19-9-7-16-28(35)32-24-33-30-22-21-29-31-17-11-23-43-41(31)47-36-20-10-8-18-34(36)44-42(47)39(29)40(30)46(38(33)25-37(32)45)27-14-5-2-6-15-27/h1-25H. The molecule has 218 valence electrons. The van der Waals surface area contributed by atoms with E-state index in [2.05, 4.69) is 153 Å². The van der Waals surface area contributed by atoms with Crippen LogP contribution in [0.3, 0.4) is 0 Å². The lowest BCUT2D eigenvalue weighted by molar-refractivity contribution is 1.17. The summed E-state index contributed by atoms with van der Waals surface area (Å²) in [5.74, 6) is 0. The number of fused-ring (bicyclic) bond motifs is 15. The molecule has 0 fully saturated rings. The van der Waals surface area contributed by atoms with Crippen molar-refractivity contribution in [3.05, 3.63) is 152 Å². The molecule has 0 aliphatic carbocycles. The van der Waals surface area contributed by atoms with Gasteiger partial charge in [0.2, 0.25) is 0 Å². The van der Waals surface area contributed by atoms with E-state index >= 15 is 0 Å². The molecule has 6 aromatic carbocycles. The maximum absolute atomic E-state index is 5.29. The summed E-state index contributed by atoms with van der Waals surface area (Å²) in [4.78, 5) is 10.2. The van der Waals surface area contributed by atoms with Crippen molar-refractivity contribution in [2.75, 3.05) is 0 Å². The summed E-state index contributed by atoms with van der Waals surface area (Å²) in [7, 11) is 0. The molecule has 0 aliphatic rings. The highest BCUT2D eigenvalue weighted by atomic mass is 15.1. The van der Waals surface area contributed by atoms with Gasteiger partial charge in [-0.25, -0.2) is 9.97 Å². The summed E-state index contributed by atoms with van der Waals surface area (Å²) in [6.45, 7) is 0. The maximum Gasteiger partial charge on any atom is 0.149 e. The SMILES string of the molecule is c1ccc(-n2c3ccccc3c3cc4c5ccc6c7cccnc7n7c8ccccc8nc7c6c5n(-c5ccccc5)c4cc32)cc1. The normalized spacial score (nSPS) is 12.3. The Morgan fingerprint density at radius 1 is 0.404 bits per heavy atom. The molecule has 0 saturated carbocycles. The zero-order chi connectivity index (χ0) is 30.6. The second-order valence-electron chi connectivity index (χ2n) is 12.3. The van der Waals surface area contributed by atoms with Crippen LogP contribution in [0.1, 0.15) is 0 Å². The summed E-state index contributed by atoms with van der Waals surface area (Å²) in [6.07, 6.45) is 1.87. The van der Waals surface area contributed by atoms with Crippen LogP contribution in [0.15, 0.2) is 152 Å². The van der Waals surface area contributed by atoms with Crippen molar-refractivity contribution in [1.82, 2.24) is 23.5 Å². The van der Waals surface area contributed by atoms with Gasteiger partial charge in [0.05, 0.1) is 38.5 Å². The molecule has 0 unspecified atom stereocenters. The van der Waals surface area contributed by atoms with Gasteiger partial charge in [-0.05, 0) is 72.1 Å². The summed E-state index contributed by atoms with van der Waals surface area (Å²) < 4.78 is 7.09. The van der Waals surface area contributed by atoms with Crippen LogP contribution in [-0.2, 0) is 0 Å². The molecule has 0 spiro atoms. The number of para-hydroxylation sites is 5. The molecule has 0 bridgehead atoms. The van der Waals surface area contributed by atoms with Crippen LogP contribution in [0.4, 0.5) is 0 Å². The second-order valence-corrected chi connectivity index (χ2v) is 12.3. The minimum Gasteiger partial charge on any atom is -0.309 e. The highest BCUT2D eigenvalue weighted by Gasteiger charge is 2.23. The van der Waals surface area contributed by atoms with Gasteiger partial charge < -0.3 is 9.13 Å². The van der Waals surface area contributed by atoms with Gasteiger partial charge in [0.15, 0.2) is 0 Å². The van der Waals surface area contributed by atoms with Gasteiger partial charge in [-0.2, -0.15) is 0 Å². The third kappa shape index (κ3) is 3.22. The number of imidazole rings is 1. The summed E-state index contributed by atoms with van der Waals surface area (Å²) in [5, 5.41) is 8.28. The predicted octanol–water partition coefficient (Wildman–Crippen LogP) is 10.4. The fourth-order valence-corrected chi connectivity index (χ4v) is 7.91. The minimum atomic E-state index is 0.916. The first-order valence-corrected chi connectivity index (χ1v) is 15.9. The zero-order valence-electron chi connectivity index (χ0n) is 25.2. The average Bonchev–Trinajstić information content (AvgIpc) is 3.79. The Labute approximate surface area is 268 Å². The van der Waals surface area contributed by atoms with Crippen molar-refractivity contribution in [1.29, 1.82) is 0 Å². The summed E-state index contributed by atoms with van der Waals surface area (Å²) in [6, 6.07) is 52.1. The third-order valence-corrected chi connectivity index (χ3v) is 9.82. The van der Waals surface area contributed by atoms with Crippen LogP contribution >= 0.6 is 0 Å². The van der Waals surface area contributed by atoms with Crippen LogP contribution in [-0.4, -0.2) is 23.5 Å². The van der Waals surface area contributed by atoms with E-state index in [-0.39, 0.29) is 0 Å².